The molecular formula is C13H11F2NO2. The van der Waals surface area contributed by atoms with Gasteiger partial charge in [0.15, 0.2) is 0 Å². The van der Waals surface area contributed by atoms with Crippen molar-refractivity contribution in [3.8, 4) is 11.5 Å². The van der Waals surface area contributed by atoms with Gasteiger partial charge in [0.2, 0.25) is 5.95 Å². The maximum absolute atomic E-state index is 13.6. The predicted molar refractivity (Wildman–Crippen MR) is 61.5 cm³/mol. The van der Waals surface area contributed by atoms with Gasteiger partial charge in [0.1, 0.15) is 23.9 Å². The second-order valence-electron chi connectivity index (χ2n) is 3.56. The molecule has 0 saturated carbocycles. The molecule has 0 fully saturated rings. The van der Waals surface area contributed by atoms with Crippen LogP contribution in [0.2, 0.25) is 0 Å². The third-order valence-electron chi connectivity index (χ3n) is 2.35. The monoisotopic (exact) mass is 251 g/mol. The molecule has 0 saturated heterocycles. The fourth-order valence-electron chi connectivity index (χ4n) is 1.38. The number of nitrogens with zero attached hydrogens (tertiary/aromatic N) is 1. The Morgan fingerprint density at radius 3 is 2.50 bits per heavy atom. The first kappa shape index (κ1) is 12.3. The third-order valence-corrected chi connectivity index (χ3v) is 2.35. The van der Waals surface area contributed by atoms with Crippen molar-refractivity contribution in [3.63, 3.8) is 0 Å². The van der Waals surface area contributed by atoms with Gasteiger partial charge in [-0.3, -0.25) is 0 Å². The number of ether oxygens (including phenoxy) is 2. The molecule has 0 aliphatic rings. The number of aromatic nitrogens is 1. The normalized spacial score (nSPS) is 10.2. The van der Waals surface area contributed by atoms with Crippen molar-refractivity contribution in [2.24, 2.45) is 0 Å². The summed E-state index contributed by atoms with van der Waals surface area (Å²) in [5.41, 5.74) is 0.389. The molecular weight excluding hydrogens is 240 g/mol. The Kier molecular flexibility index (Phi) is 3.72. The molecule has 1 heterocycles. The third kappa shape index (κ3) is 2.94. The van der Waals surface area contributed by atoms with Gasteiger partial charge in [-0.25, -0.2) is 9.37 Å². The highest BCUT2D eigenvalue weighted by atomic mass is 19.1. The maximum atomic E-state index is 13.6. The molecule has 0 aliphatic heterocycles. The van der Waals surface area contributed by atoms with Crippen LogP contribution in [0.25, 0.3) is 0 Å². The number of halogens is 2. The van der Waals surface area contributed by atoms with E-state index in [2.05, 4.69) is 4.98 Å². The minimum atomic E-state index is -0.585. The van der Waals surface area contributed by atoms with Gasteiger partial charge in [-0.1, -0.05) is 0 Å². The first-order valence-electron chi connectivity index (χ1n) is 5.26. The standard InChI is InChI=1S/C13H11F2NO2/c1-17-10-3-2-9(12(14)6-10)8-18-11-4-5-13(15)16-7-11/h2-7H,8H2,1H3. The number of pyridine rings is 1. The second-order valence-corrected chi connectivity index (χ2v) is 3.56. The number of rotatable bonds is 4. The molecule has 0 amide bonds. The van der Waals surface area contributed by atoms with Crippen LogP contribution >= 0.6 is 0 Å². The molecule has 94 valence electrons. The van der Waals surface area contributed by atoms with Gasteiger partial charge in [0.05, 0.1) is 13.3 Å². The molecule has 0 spiro atoms. The Morgan fingerprint density at radius 1 is 1.11 bits per heavy atom. The molecule has 5 heteroatoms. The van der Waals surface area contributed by atoms with Crippen LogP contribution in [0.5, 0.6) is 11.5 Å². The summed E-state index contributed by atoms with van der Waals surface area (Å²) in [6, 6.07) is 7.11. The fraction of sp³-hybridized carbons (Fsp3) is 0.154. The number of benzene rings is 1. The molecule has 0 unspecified atom stereocenters. The van der Waals surface area contributed by atoms with E-state index < -0.39 is 11.8 Å². The lowest BCUT2D eigenvalue weighted by atomic mass is 10.2. The van der Waals surface area contributed by atoms with Crippen LogP contribution in [0.4, 0.5) is 8.78 Å². The highest BCUT2D eigenvalue weighted by molar-refractivity contribution is 5.29. The number of methoxy groups -OCH3 is 1. The van der Waals surface area contributed by atoms with E-state index in [4.69, 9.17) is 9.47 Å². The van der Waals surface area contributed by atoms with Crippen molar-refractivity contribution in [2.75, 3.05) is 7.11 Å². The minimum absolute atomic E-state index is 0.0448. The average Bonchev–Trinajstić information content (AvgIpc) is 2.39. The van der Waals surface area contributed by atoms with E-state index in [1.807, 2.05) is 0 Å². The summed E-state index contributed by atoms with van der Waals surface area (Å²) < 4.78 is 36.3. The van der Waals surface area contributed by atoms with E-state index in [0.717, 1.165) is 0 Å². The van der Waals surface area contributed by atoms with Gasteiger partial charge < -0.3 is 9.47 Å². The van der Waals surface area contributed by atoms with Crippen LogP contribution in [-0.2, 0) is 6.61 Å². The Morgan fingerprint density at radius 2 is 1.89 bits per heavy atom. The van der Waals surface area contributed by atoms with Gasteiger partial charge >= 0.3 is 0 Å². The van der Waals surface area contributed by atoms with Crippen molar-refractivity contribution in [1.82, 2.24) is 4.98 Å². The molecule has 2 aromatic rings. The lowest BCUT2D eigenvalue weighted by molar-refractivity contribution is 0.297. The minimum Gasteiger partial charge on any atom is -0.497 e. The topological polar surface area (TPSA) is 31.4 Å². The summed E-state index contributed by atoms with van der Waals surface area (Å²) in [6.45, 7) is 0.0448. The van der Waals surface area contributed by atoms with Crippen molar-refractivity contribution >= 4 is 0 Å². The summed E-state index contributed by atoms with van der Waals surface area (Å²) >= 11 is 0. The quantitative estimate of drug-likeness (QED) is 0.783. The van der Waals surface area contributed by atoms with Crippen LogP contribution < -0.4 is 9.47 Å². The zero-order valence-electron chi connectivity index (χ0n) is 9.69. The van der Waals surface area contributed by atoms with Crippen LogP contribution in [-0.4, -0.2) is 12.1 Å². The van der Waals surface area contributed by atoms with E-state index in [-0.39, 0.29) is 6.61 Å². The molecule has 2 rings (SSSR count). The van der Waals surface area contributed by atoms with E-state index in [1.54, 1.807) is 12.1 Å². The molecule has 1 aromatic carbocycles. The second kappa shape index (κ2) is 5.44. The maximum Gasteiger partial charge on any atom is 0.213 e. The molecule has 3 nitrogen and oxygen atoms in total. The molecule has 0 bridgehead atoms. The summed E-state index contributed by atoms with van der Waals surface area (Å²) in [5, 5.41) is 0. The fourth-order valence-corrected chi connectivity index (χ4v) is 1.38. The summed E-state index contributed by atoms with van der Waals surface area (Å²) in [6.07, 6.45) is 1.25. The molecule has 18 heavy (non-hydrogen) atoms. The number of hydrogen-bond acceptors (Lipinski definition) is 3. The SMILES string of the molecule is COc1ccc(COc2ccc(F)nc2)c(F)c1. The van der Waals surface area contributed by atoms with Gasteiger partial charge in [-0.05, 0) is 24.3 Å². The van der Waals surface area contributed by atoms with E-state index in [1.165, 1.54) is 31.5 Å². The summed E-state index contributed by atoms with van der Waals surface area (Å²) in [4.78, 5) is 3.44. The van der Waals surface area contributed by atoms with Crippen LogP contribution in [0, 0.1) is 11.8 Å². The molecule has 1 aromatic heterocycles. The highest BCUT2D eigenvalue weighted by Crippen LogP contribution is 2.18. The predicted octanol–water partition coefficient (Wildman–Crippen LogP) is 2.95. The highest BCUT2D eigenvalue weighted by Gasteiger charge is 2.05. The van der Waals surface area contributed by atoms with Crippen LogP contribution in [0.3, 0.4) is 0 Å². The number of hydrogen-bond donors (Lipinski definition) is 0. The molecule has 0 radical (unpaired) electrons. The largest absolute Gasteiger partial charge is 0.497 e. The van der Waals surface area contributed by atoms with Gasteiger partial charge in [-0.2, -0.15) is 4.39 Å². The van der Waals surface area contributed by atoms with Crippen molar-refractivity contribution in [3.05, 3.63) is 53.9 Å². The van der Waals surface area contributed by atoms with Gasteiger partial charge in [0.25, 0.3) is 0 Å². The molecule has 0 atom stereocenters. The summed E-state index contributed by atoms with van der Waals surface area (Å²) in [7, 11) is 1.47. The Labute approximate surface area is 103 Å². The van der Waals surface area contributed by atoms with Crippen molar-refractivity contribution in [2.45, 2.75) is 6.61 Å². The zero-order chi connectivity index (χ0) is 13.0. The van der Waals surface area contributed by atoms with Crippen LogP contribution in [0.1, 0.15) is 5.56 Å². The van der Waals surface area contributed by atoms with E-state index >= 15 is 0 Å². The molecule has 0 N–H and O–H groups in total. The van der Waals surface area contributed by atoms with Crippen molar-refractivity contribution in [1.29, 1.82) is 0 Å². The first-order chi connectivity index (χ1) is 8.69. The zero-order valence-corrected chi connectivity index (χ0v) is 9.69. The Balaban J connectivity index is 2.04. The Bertz CT molecular complexity index is 529. The lowest BCUT2D eigenvalue weighted by Gasteiger charge is -2.07. The lowest BCUT2D eigenvalue weighted by Crippen LogP contribution is -1.99. The summed E-state index contributed by atoms with van der Waals surface area (Å²) in [5.74, 6) is -0.172. The van der Waals surface area contributed by atoms with Crippen molar-refractivity contribution < 1.29 is 18.3 Å². The van der Waals surface area contributed by atoms with E-state index in [9.17, 15) is 8.78 Å². The average molecular weight is 251 g/mol. The van der Waals surface area contributed by atoms with Gasteiger partial charge in [-0.15, -0.1) is 0 Å². The van der Waals surface area contributed by atoms with E-state index in [0.29, 0.717) is 17.1 Å². The smallest absolute Gasteiger partial charge is 0.213 e. The molecule has 0 aliphatic carbocycles. The van der Waals surface area contributed by atoms with Crippen LogP contribution in [0.15, 0.2) is 36.5 Å². The Hall–Kier alpha value is -2.17. The first-order valence-corrected chi connectivity index (χ1v) is 5.26. The van der Waals surface area contributed by atoms with Gasteiger partial charge in [0, 0.05) is 11.6 Å².